The number of hydrogen-bond donors (Lipinski definition) is 0. The molecule has 0 amide bonds. The average Bonchev–Trinajstić information content (AvgIpc) is 2.75. The van der Waals surface area contributed by atoms with Gasteiger partial charge in [0.05, 0.1) is 11.0 Å². The average molecular weight is 290 g/mol. The van der Waals surface area contributed by atoms with Crippen LogP contribution in [0.1, 0.15) is 13.8 Å². The first kappa shape index (κ1) is 12.6. The Morgan fingerprint density at radius 2 is 1.37 bits per heavy atom. The fourth-order valence-corrected chi connectivity index (χ4v) is 4.49. The molecule has 0 unspecified atom stereocenters. The van der Waals surface area contributed by atoms with E-state index < -0.39 is 4.08 Å². The Morgan fingerprint density at radius 3 is 1.74 bits per heavy atom. The van der Waals surface area contributed by atoms with Crippen LogP contribution in [0.25, 0.3) is 11.0 Å². The second-order valence-corrected chi connectivity index (χ2v) is 6.92. The summed E-state index contributed by atoms with van der Waals surface area (Å²) in [5.74, 6) is -0.335. The maximum Gasteiger partial charge on any atom is 0.189 e. The van der Waals surface area contributed by atoms with Gasteiger partial charge in [-0.3, -0.25) is 9.59 Å². The van der Waals surface area contributed by atoms with Crippen molar-refractivity contribution in [2.24, 2.45) is 0 Å². The van der Waals surface area contributed by atoms with E-state index in [0.29, 0.717) is 10.1 Å². The van der Waals surface area contributed by atoms with Gasteiger partial charge in [-0.2, -0.15) is 0 Å². The predicted molar refractivity (Wildman–Crippen MR) is 75.3 cm³/mol. The van der Waals surface area contributed by atoms with Crippen molar-refractivity contribution in [3.8, 4) is 0 Å². The number of carbonyl (C=O) groups is 2. The smallest absolute Gasteiger partial charge is 0.189 e. The van der Waals surface area contributed by atoms with Crippen molar-refractivity contribution < 1.29 is 9.59 Å². The van der Waals surface area contributed by atoms with E-state index in [1.54, 1.807) is 0 Å². The van der Waals surface area contributed by atoms with Gasteiger partial charge in [-0.1, -0.05) is 35.7 Å². The van der Waals surface area contributed by atoms with Crippen LogP contribution >= 0.6 is 23.5 Å². The monoisotopic (exact) mass is 290 g/mol. The van der Waals surface area contributed by atoms with Crippen molar-refractivity contribution in [2.45, 2.75) is 28.0 Å². The number of fused-ring (bicyclic) bond motifs is 2. The molecule has 1 aromatic carbocycles. The molecule has 0 spiro atoms. The number of hydrogen-bond acceptors (Lipinski definition) is 6. The lowest BCUT2D eigenvalue weighted by molar-refractivity contribution is -0.125. The molecule has 1 aromatic heterocycles. The Labute approximate surface area is 118 Å². The van der Waals surface area contributed by atoms with Crippen LogP contribution in [-0.4, -0.2) is 25.6 Å². The summed E-state index contributed by atoms with van der Waals surface area (Å²) in [5, 5.41) is 1.32. The summed E-state index contributed by atoms with van der Waals surface area (Å²) < 4.78 is -1.11. The van der Waals surface area contributed by atoms with E-state index in [-0.39, 0.29) is 11.6 Å². The number of rotatable bonds is 2. The number of carbonyl (C=O) groups excluding carboxylic acids is 2. The molecule has 2 heterocycles. The summed E-state index contributed by atoms with van der Waals surface area (Å²) in [5.41, 5.74) is 1.55. The Hall–Kier alpha value is -1.40. The number of nitrogens with zero attached hydrogens (tertiary/aromatic N) is 2. The number of aromatic nitrogens is 2. The summed E-state index contributed by atoms with van der Waals surface area (Å²) in [4.78, 5) is 32.7. The third kappa shape index (κ3) is 1.86. The normalized spacial score (nSPS) is 16.3. The highest BCUT2D eigenvalue weighted by Crippen LogP contribution is 2.55. The molecule has 1 aliphatic rings. The van der Waals surface area contributed by atoms with Crippen LogP contribution in [0.3, 0.4) is 0 Å². The molecule has 3 rings (SSSR count). The Morgan fingerprint density at radius 1 is 0.947 bits per heavy atom. The molecular weight excluding hydrogens is 280 g/mol. The van der Waals surface area contributed by atoms with Crippen LogP contribution in [0.5, 0.6) is 0 Å². The Bertz CT molecular complexity index is 654. The van der Waals surface area contributed by atoms with E-state index in [0.717, 1.165) is 11.0 Å². The summed E-state index contributed by atoms with van der Waals surface area (Å²) >= 11 is 2.41. The molecule has 0 saturated heterocycles. The SMILES string of the molecule is CC(=O)C1(C(C)=O)Sc2nc3ccccc3nc2S1. The molecule has 1 aliphatic heterocycles. The zero-order valence-corrected chi connectivity index (χ0v) is 12.0. The zero-order valence-electron chi connectivity index (χ0n) is 10.3. The summed E-state index contributed by atoms with van der Waals surface area (Å²) in [6.07, 6.45) is 0. The number of ketones is 2. The summed E-state index contributed by atoms with van der Waals surface area (Å²) in [6, 6.07) is 7.52. The quantitative estimate of drug-likeness (QED) is 0.793. The van der Waals surface area contributed by atoms with Gasteiger partial charge < -0.3 is 0 Å². The highest BCUT2D eigenvalue weighted by Gasteiger charge is 2.49. The van der Waals surface area contributed by atoms with Crippen molar-refractivity contribution in [3.63, 3.8) is 0 Å². The van der Waals surface area contributed by atoms with Gasteiger partial charge in [0, 0.05) is 0 Å². The van der Waals surface area contributed by atoms with Gasteiger partial charge in [0.2, 0.25) is 0 Å². The van der Waals surface area contributed by atoms with E-state index in [1.807, 2.05) is 24.3 Å². The number of thioether (sulfide) groups is 2. The Balaban J connectivity index is 2.16. The summed E-state index contributed by atoms with van der Waals surface area (Å²) in [6.45, 7) is 2.87. The minimum Gasteiger partial charge on any atom is -0.297 e. The molecule has 4 nitrogen and oxygen atoms in total. The van der Waals surface area contributed by atoms with E-state index in [4.69, 9.17) is 0 Å². The molecule has 2 aromatic rings. The van der Waals surface area contributed by atoms with Gasteiger partial charge in [0.25, 0.3) is 0 Å². The molecule has 96 valence electrons. The predicted octanol–water partition coefficient (Wildman–Crippen LogP) is 2.70. The molecule has 0 bridgehead atoms. The fourth-order valence-electron chi connectivity index (χ4n) is 1.93. The number of Topliss-reactive ketones (excluding diaryl/α,β-unsaturated/α-hetero) is 2. The second kappa shape index (κ2) is 4.31. The maximum atomic E-state index is 11.9. The molecule has 0 radical (unpaired) electrons. The molecule has 0 saturated carbocycles. The molecule has 0 fully saturated rings. The van der Waals surface area contributed by atoms with Crippen LogP contribution in [0.4, 0.5) is 0 Å². The zero-order chi connectivity index (χ0) is 13.6. The van der Waals surface area contributed by atoms with Crippen molar-refractivity contribution >= 4 is 46.1 Å². The molecule has 0 atom stereocenters. The minimum absolute atomic E-state index is 0.168. The first-order chi connectivity index (χ1) is 9.03. The molecule has 6 heteroatoms. The first-order valence-electron chi connectivity index (χ1n) is 5.70. The molecule has 19 heavy (non-hydrogen) atoms. The topological polar surface area (TPSA) is 59.9 Å². The minimum atomic E-state index is -1.11. The van der Waals surface area contributed by atoms with E-state index in [2.05, 4.69) is 9.97 Å². The maximum absolute atomic E-state index is 11.9. The van der Waals surface area contributed by atoms with Gasteiger partial charge >= 0.3 is 0 Å². The van der Waals surface area contributed by atoms with Crippen molar-refractivity contribution in [1.29, 1.82) is 0 Å². The third-order valence-electron chi connectivity index (χ3n) is 2.92. The van der Waals surface area contributed by atoms with Crippen LogP contribution in [0.2, 0.25) is 0 Å². The molecular formula is C13H10N2O2S2. The van der Waals surface area contributed by atoms with Crippen LogP contribution < -0.4 is 0 Å². The van der Waals surface area contributed by atoms with Gasteiger partial charge in [-0.15, -0.1) is 0 Å². The lowest BCUT2D eigenvalue weighted by atomic mass is 10.2. The van der Waals surface area contributed by atoms with Crippen LogP contribution in [0.15, 0.2) is 34.3 Å². The number of para-hydroxylation sites is 2. The first-order valence-corrected chi connectivity index (χ1v) is 7.33. The largest absolute Gasteiger partial charge is 0.297 e. The highest BCUT2D eigenvalue weighted by molar-refractivity contribution is 8.22. The van der Waals surface area contributed by atoms with Crippen molar-refractivity contribution in [2.75, 3.05) is 0 Å². The van der Waals surface area contributed by atoms with Gasteiger partial charge in [-0.05, 0) is 26.0 Å². The van der Waals surface area contributed by atoms with Crippen molar-refractivity contribution in [1.82, 2.24) is 9.97 Å². The van der Waals surface area contributed by atoms with E-state index >= 15 is 0 Å². The third-order valence-corrected chi connectivity index (χ3v) is 6.23. The standard InChI is InChI=1S/C13H10N2O2S2/c1-7(16)13(8(2)17)18-11-12(19-13)15-10-6-4-3-5-9(10)14-11/h3-6H,1-2H3. The number of benzene rings is 1. The lowest BCUT2D eigenvalue weighted by Gasteiger charge is -2.18. The lowest BCUT2D eigenvalue weighted by Crippen LogP contribution is -2.35. The highest BCUT2D eigenvalue weighted by atomic mass is 32.2. The van der Waals surface area contributed by atoms with Gasteiger partial charge in [0.15, 0.2) is 15.6 Å². The molecule has 0 N–H and O–H groups in total. The van der Waals surface area contributed by atoms with Crippen LogP contribution in [0, 0.1) is 0 Å². The molecule has 0 aliphatic carbocycles. The van der Waals surface area contributed by atoms with Crippen molar-refractivity contribution in [3.05, 3.63) is 24.3 Å². The van der Waals surface area contributed by atoms with E-state index in [1.165, 1.54) is 37.4 Å². The second-order valence-electron chi connectivity index (χ2n) is 4.26. The van der Waals surface area contributed by atoms with Crippen LogP contribution in [-0.2, 0) is 9.59 Å². The fraction of sp³-hybridized carbons (Fsp3) is 0.231. The Kier molecular flexibility index (Phi) is 2.87. The van der Waals surface area contributed by atoms with E-state index in [9.17, 15) is 9.59 Å². The summed E-state index contributed by atoms with van der Waals surface area (Å²) in [7, 11) is 0. The van der Waals surface area contributed by atoms with Gasteiger partial charge in [0.1, 0.15) is 10.1 Å². The van der Waals surface area contributed by atoms with Gasteiger partial charge in [-0.25, -0.2) is 9.97 Å².